The number of amides is 1. The zero-order chi connectivity index (χ0) is 31.0. The molecule has 1 unspecified atom stereocenters. The second-order valence-corrected chi connectivity index (χ2v) is 12.8. The molecule has 6 N–H and O–H groups in total. The monoisotopic (exact) mass is 583 g/mol. The van der Waals surface area contributed by atoms with Crippen molar-refractivity contribution in [3.63, 3.8) is 0 Å². The van der Waals surface area contributed by atoms with Crippen molar-refractivity contribution in [2.24, 2.45) is 16.7 Å². The highest BCUT2D eigenvalue weighted by molar-refractivity contribution is 5.93. The number of nitrogens with one attached hydrogen (secondary N) is 1. The van der Waals surface area contributed by atoms with Crippen LogP contribution in [0.2, 0.25) is 0 Å². The van der Waals surface area contributed by atoms with E-state index in [4.69, 9.17) is 14.2 Å². The first-order chi connectivity index (χ1) is 18.7. The number of esters is 2. The van der Waals surface area contributed by atoms with Crippen LogP contribution >= 0.6 is 0 Å². The number of ether oxygens (including phenoxy) is 3. The Morgan fingerprint density at radius 1 is 1.10 bits per heavy atom. The van der Waals surface area contributed by atoms with Gasteiger partial charge in [-0.15, -0.1) is 0 Å². The van der Waals surface area contributed by atoms with Crippen molar-refractivity contribution in [3.8, 4) is 0 Å². The zero-order valence-corrected chi connectivity index (χ0v) is 24.3. The Morgan fingerprint density at radius 3 is 2.22 bits per heavy atom. The standard InChI is InChI=1S/C28H41NO12/c1-11-15(41-24(36)19(33)12(2)29-13(3)30)9-28(38)23(40-14(4)31)21-26(7,16(32)8-17-27(21,37)10-39-17)22(35)20(34)18(11)25(28,5)6/h12,15-17,19-21,23,32-34,37-38H,8-10H2,1-7H3,(H,29,30)/t12-,15?,16-,17+,19+,20+,21-,23-,26+,27-,28+/m0/s1. The molecule has 0 spiro atoms. The van der Waals surface area contributed by atoms with Gasteiger partial charge in [-0.1, -0.05) is 13.8 Å². The number of rotatable bonds is 5. The molecule has 1 heterocycles. The van der Waals surface area contributed by atoms with Crippen LogP contribution in [0.1, 0.15) is 61.3 Å². The van der Waals surface area contributed by atoms with Crippen molar-refractivity contribution in [2.75, 3.05) is 6.61 Å². The van der Waals surface area contributed by atoms with Crippen molar-refractivity contribution < 1.29 is 58.9 Å². The number of aliphatic hydroxyl groups is 5. The van der Waals surface area contributed by atoms with Crippen LogP contribution in [0.15, 0.2) is 11.1 Å². The van der Waals surface area contributed by atoms with Gasteiger partial charge in [-0.3, -0.25) is 14.4 Å². The Morgan fingerprint density at radius 2 is 1.71 bits per heavy atom. The van der Waals surface area contributed by atoms with Crippen LogP contribution in [0, 0.1) is 16.7 Å². The van der Waals surface area contributed by atoms with Gasteiger partial charge in [0.25, 0.3) is 0 Å². The molecular formula is C28H41NO12. The number of ketones is 1. The summed E-state index contributed by atoms with van der Waals surface area (Å²) in [7, 11) is 0. The smallest absolute Gasteiger partial charge is 0.337 e. The third-order valence-electron chi connectivity index (χ3n) is 10.1. The lowest BCUT2D eigenvalue weighted by atomic mass is 9.45. The van der Waals surface area contributed by atoms with E-state index in [9.17, 15) is 44.7 Å². The minimum atomic E-state index is -2.17. The maximum Gasteiger partial charge on any atom is 0.337 e. The summed E-state index contributed by atoms with van der Waals surface area (Å²) in [5.41, 5.74) is -7.12. The number of carbonyl (C=O) groups is 4. The molecule has 1 aliphatic heterocycles. The van der Waals surface area contributed by atoms with Gasteiger partial charge in [-0.25, -0.2) is 4.79 Å². The summed E-state index contributed by atoms with van der Waals surface area (Å²) in [6.07, 6.45) is -9.51. The fraction of sp³-hybridized carbons (Fsp3) is 0.786. The topological polar surface area (TPSA) is 209 Å². The Bertz CT molecular complexity index is 1180. The average molecular weight is 584 g/mol. The van der Waals surface area contributed by atoms with Crippen LogP contribution in [0.4, 0.5) is 0 Å². The zero-order valence-electron chi connectivity index (χ0n) is 24.3. The van der Waals surface area contributed by atoms with Crippen LogP contribution in [-0.2, 0) is 33.4 Å². The molecule has 2 bridgehead atoms. The summed E-state index contributed by atoms with van der Waals surface area (Å²) >= 11 is 0. The summed E-state index contributed by atoms with van der Waals surface area (Å²) in [6.45, 7) is 9.42. The molecule has 3 fully saturated rings. The molecule has 11 atom stereocenters. The lowest BCUT2D eigenvalue weighted by Crippen LogP contribution is -2.81. The predicted molar refractivity (Wildman–Crippen MR) is 139 cm³/mol. The van der Waals surface area contributed by atoms with E-state index < -0.39 is 101 Å². The van der Waals surface area contributed by atoms with E-state index >= 15 is 0 Å². The molecule has 1 amide bonds. The van der Waals surface area contributed by atoms with Gasteiger partial charge in [0.1, 0.15) is 29.5 Å². The van der Waals surface area contributed by atoms with Crippen molar-refractivity contribution >= 4 is 23.6 Å². The largest absolute Gasteiger partial charge is 0.459 e. The van der Waals surface area contributed by atoms with E-state index in [1.807, 2.05) is 0 Å². The molecule has 2 saturated carbocycles. The quantitative estimate of drug-likeness (QED) is 0.164. The Balaban J connectivity index is 1.90. The molecule has 4 aliphatic rings. The molecule has 0 radical (unpaired) electrons. The summed E-state index contributed by atoms with van der Waals surface area (Å²) in [4.78, 5) is 51.1. The van der Waals surface area contributed by atoms with Gasteiger partial charge in [0.05, 0.1) is 30.3 Å². The minimum Gasteiger partial charge on any atom is -0.459 e. The summed E-state index contributed by atoms with van der Waals surface area (Å²) < 4.78 is 16.9. The normalized spacial score (nSPS) is 42.8. The van der Waals surface area contributed by atoms with Crippen molar-refractivity contribution in [3.05, 3.63) is 11.1 Å². The number of carbonyl (C=O) groups excluding carboxylic acids is 4. The fourth-order valence-corrected chi connectivity index (χ4v) is 7.61. The van der Waals surface area contributed by atoms with Crippen LogP contribution in [0.5, 0.6) is 0 Å². The lowest BCUT2D eigenvalue weighted by molar-refractivity contribution is -0.345. The Hall–Kier alpha value is -2.42. The fourth-order valence-electron chi connectivity index (χ4n) is 7.61. The maximum absolute atomic E-state index is 14.2. The SMILES string of the molecule is CC(=O)N[C@@H](C)[C@@H](O)C(=O)OC1C[C@@]2(O)[C@@H](OC(C)=O)[C@@H]3[C@]4(O)CO[C@@H]4C[C@H](O)[C@@]3(C)C(=O)[C@H](O)C(=C1C)C2(C)C. The molecule has 0 aromatic heterocycles. The van der Waals surface area contributed by atoms with Crippen molar-refractivity contribution in [2.45, 2.75) is 115 Å². The third kappa shape index (κ3) is 4.43. The molecule has 1 saturated heterocycles. The van der Waals surface area contributed by atoms with E-state index in [2.05, 4.69) is 5.32 Å². The number of hydrogen-bond acceptors (Lipinski definition) is 12. The van der Waals surface area contributed by atoms with Crippen LogP contribution in [0.25, 0.3) is 0 Å². The number of fused-ring (bicyclic) bond motifs is 5. The molecule has 3 aliphatic carbocycles. The summed E-state index contributed by atoms with van der Waals surface area (Å²) in [5.74, 6) is -4.74. The highest BCUT2D eigenvalue weighted by atomic mass is 16.6. The van der Waals surface area contributed by atoms with E-state index in [0.717, 1.165) is 6.92 Å². The van der Waals surface area contributed by atoms with Gasteiger partial charge < -0.3 is 45.1 Å². The third-order valence-corrected chi connectivity index (χ3v) is 10.1. The first-order valence-electron chi connectivity index (χ1n) is 13.8. The van der Waals surface area contributed by atoms with Gasteiger partial charge in [0.15, 0.2) is 11.9 Å². The molecule has 0 aromatic rings. The summed E-state index contributed by atoms with van der Waals surface area (Å²) in [5, 5.41) is 60.2. The molecule has 4 rings (SSSR count). The Labute approximate surface area is 237 Å². The van der Waals surface area contributed by atoms with Gasteiger partial charge in [-0.2, -0.15) is 0 Å². The molecule has 41 heavy (non-hydrogen) atoms. The molecule has 13 nitrogen and oxygen atoms in total. The van der Waals surface area contributed by atoms with Gasteiger partial charge in [0.2, 0.25) is 5.91 Å². The average Bonchev–Trinajstić information content (AvgIpc) is 2.85. The van der Waals surface area contributed by atoms with Gasteiger partial charge in [0, 0.05) is 38.0 Å². The van der Waals surface area contributed by atoms with Crippen molar-refractivity contribution in [1.82, 2.24) is 5.32 Å². The van der Waals surface area contributed by atoms with E-state index in [1.165, 1.54) is 27.7 Å². The molecule has 230 valence electrons. The van der Waals surface area contributed by atoms with Crippen LogP contribution < -0.4 is 5.32 Å². The van der Waals surface area contributed by atoms with E-state index in [-0.39, 0.29) is 24.2 Å². The highest BCUT2D eigenvalue weighted by Crippen LogP contribution is 2.63. The second kappa shape index (κ2) is 10.1. The first kappa shape index (κ1) is 31.5. The maximum atomic E-state index is 14.2. The number of Topliss-reactive ketones (excluding diaryl/α,β-unsaturated/α-hetero) is 1. The van der Waals surface area contributed by atoms with Gasteiger partial charge in [-0.05, 0) is 31.9 Å². The molecule has 13 heteroatoms. The minimum absolute atomic E-state index is 0.00134. The van der Waals surface area contributed by atoms with Gasteiger partial charge >= 0.3 is 11.9 Å². The summed E-state index contributed by atoms with van der Waals surface area (Å²) in [6, 6.07) is -1.02. The molecular weight excluding hydrogens is 542 g/mol. The second-order valence-electron chi connectivity index (χ2n) is 12.8. The Kier molecular flexibility index (Phi) is 7.76. The number of aliphatic hydroxyl groups excluding tert-OH is 3. The van der Waals surface area contributed by atoms with E-state index in [0.29, 0.717) is 0 Å². The van der Waals surface area contributed by atoms with Crippen LogP contribution in [0.3, 0.4) is 0 Å². The van der Waals surface area contributed by atoms with Crippen molar-refractivity contribution in [1.29, 1.82) is 0 Å². The number of hydrogen-bond donors (Lipinski definition) is 6. The first-order valence-corrected chi connectivity index (χ1v) is 13.8. The molecule has 0 aromatic carbocycles. The highest BCUT2D eigenvalue weighted by Gasteiger charge is 2.76. The van der Waals surface area contributed by atoms with E-state index in [1.54, 1.807) is 13.8 Å². The van der Waals surface area contributed by atoms with Crippen LogP contribution in [-0.4, -0.2) is 110 Å². The lowest BCUT2D eigenvalue weighted by Gasteiger charge is -2.66. The predicted octanol–water partition coefficient (Wildman–Crippen LogP) is -1.35.